The summed E-state index contributed by atoms with van der Waals surface area (Å²) in [6.07, 6.45) is 0. The van der Waals surface area contributed by atoms with Crippen molar-refractivity contribution < 1.29 is 23.7 Å². The highest BCUT2D eigenvalue weighted by Crippen LogP contribution is 2.36. The van der Waals surface area contributed by atoms with Crippen LogP contribution >= 0.6 is 11.3 Å². The quantitative estimate of drug-likeness (QED) is 0.707. The van der Waals surface area contributed by atoms with Gasteiger partial charge >= 0.3 is 0 Å². The van der Waals surface area contributed by atoms with Crippen LogP contribution in [0.2, 0.25) is 0 Å². The van der Waals surface area contributed by atoms with E-state index in [1.54, 1.807) is 18.2 Å². The number of benzene rings is 2. The van der Waals surface area contributed by atoms with Gasteiger partial charge in [0.25, 0.3) is 5.91 Å². The summed E-state index contributed by atoms with van der Waals surface area (Å²) >= 11 is 1.40. The lowest BCUT2D eigenvalue weighted by Gasteiger charge is -2.09. The van der Waals surface area contributed by atoms with Crippen LogP contribution in [0, 0.1) is 0 Å². The van der Waals surface area contributed by atoms with Crippen LogP contribution in [0.3, 0.4) is 0 Å². The van der Waals surface area contributed by atoms with Crippen molar-refractivity contribution in [1.82, 2.24) is 4.57 Å². The van der Waals surface area contributed by atoms with Crippen molar-refractivity contribution >= 4 is 27.5 Å². The van der Waals surface area contributed by atoms with Crippen molar-refractivity contribution in [2.75, 3.05) is 21.0 Å². The Labute approximate surface area is 153 Å². The average molecular weight is 372 g/mol. The third-order valence-corrected chi connectivity index (χ3v) is 5.24. The molecular weight excluding hydrogens is 356 g/mol. The number of aromatic nitrogens is 1. The highest BCUT2D eigenvalue weighted by Gasteiger charge is 2.20. The molecule has 1 aliphatic rings. The molecule has 134 valence electrons. The van der Waals surface area contributed by atoms with Crippen molar-refractivity contribution in [3.8, 4) is 23.0 Å². The lowest BCUT2D eigenvalue weighted by molar-refractivity contribution is 0.0992. The molecule has 0 N–H and O–H groups in total. The highest BCUT2D eigenvalue weighted by molar-refractivity contribution is 7.16. The maximum atomic E-state index is 12.8. The van der Waals surface area contributed by atoms with E-state index in [4.69, 9.17) is 18.9 Å². The molecule has 0 saturated carbocycles. The molecule has 0 saturated heterocycles. The van der Waals surface area contributed by atoms with Crippen molar-refractivity contribution in [2.45, 2.75) is 0 Å². The Hall–Kier alpha value is -3.00. The topological polar surface area (TPSA) is 71.3 Å². The Bertz CT molecular complexity index is 1060. The summed E-state index contributed by atoms with van der Waals surface area (Å²) in [5, 5.41) is 0. The van der Waals surface area contributed by atoms with Crippen LogP contribution < -0.4 is 23.7 Å². The number of carbonyl (C=O) groups is 1. The minimum Gasteiger partial charge on any atom is -0.496 e. The molecule has 0 aliphatic carbocycles. The average Bonchev–Trinajstić information content (AvgIpc) is 3.23. The number of thiazole rings is 1. The van der Waals surface area contributed by atoms with Crippen molar-refractivity contribution in [1.29, 1.82) is 0 Å². The third kappa shape index (κ3) is 2.59. The summed E-state index contributed by atoms with van der Waals surface area (Å²) in [5.41, 5.74) is 1.21. The summed E-state index contributed by atoms with van der Waals surface area (Å²) in [4.78, 5) is 17.7. The molecule has 1 aliphatic heterocycles. The molecule has 7 nitrogen and oxygen atoms in total. The lowest BCUT2D eigenvalue weighted by atomic mass is 10.1. The minimum atomic E-state index is -0.429. The minimum absolute atomic E-state index is 0.222. The van der Waals surface area contributed by atoms with Gasteiger partial charge in [-0.05, 0) is 12.1 Å². The van der Waals surface area contributed by atoms with E-state index in [-0.39, 0.29) is 6.79 Å². The number of amides is 1. The number of hydrogen-bond acceptors (Lipinski definition) is 6. The van der Waals surface area contributed by atoms with Gasteiger partial charge in [0.05, 0.1) is 24.4 Å². The largest absolute Gasteiger partial charge is 0.496 e. The summed E-state index contributed by atoms with van der Waals surface area (Å²) in [6.45, 7) is 0.222. The molecule has 0 fully saturated rings. The number of ether oxygens (including phenoxy) is 4. The summed E-state index contributed by atoms with van der Waals surface area (Å²) < 4.78 is 24.2. The Morgan fingerprint density at radius 2 is 1.81 bits per heavy atom. The van der Waals surface area contributed by atoms with Gasteiger partial charge in [-0.3, -0.25) is 4.79 Å². The highest BCUT2D eigenvalue weighted by atomic mass is 32.1. The van der Waals surface area contributed by atoms with E-state index in [2.05, 4.69) is 4.99 Å². The lowest BCUT2D eigenvalue weighted by Crippen LogP contribution is -2.14. The standard InChI is InChI=1S/C18H16N2O5S/c1-20-10-7-13-14(25-9-24-13)8-15(10)26-18(20)19-17(21)16-11(22-2)5-4-6-12(16)23-3/h4-8H,9H2,1-3H3. The molecule has 2 aromatic carbocycles. The summed E-state index contributed by atoms with van der Waals surface area (Å²) in [7, 11) is 4.87. The fourth-order valence-corrected chi connectivity index (χ4v) is 3.86. The van der Waals surface area contributed by atoms with Crippen molar-refractivity contribution in [3.05, 3.63) is 40.7 Å². The van der Waals surface area contributed by atoms with Gasteiger partial charge in [-0.15, -0.1) is 0 Å². The molecule has 0 bridgehead atoms. The molecule has 26 heavy (non-hydrogen) atoms. The number of nitrogens with zero attached hydrogens (tertiary/aromatic N) is 2. The number of carbonyl (C=O) groups excluding carboxylic acids is 1. The maximum absolute atomic E-state index is 12.8. The van der Waals surface area contributed by atoms with E-state index in [1.807, 2.05) is 23.7 Å². The van der Waals surface area contributed by atoms with Gasteiger partial charge in [0.2, 0.25) is 6.79 Å². The first-order valence-corrected chi connectivity index (χ1v) is 8.63. The van der Waals surface area contributed by atoms with Gasteiger partial charge in [-0.25, -0.2) is 0 Å². The van der Waals surface area contributed by atoms with Gasteiger partial charge in [0, 0.05) is 19.2 Å². The normalized spacial score (nSPS) is 13.3. The second-order valence-corrected chi connectivity index (χ2v) is 6.58. The number of hydrogen-bond donors (Lipinski definition) is 0. The van der Waals surface area contributed by atoms with Crippen LogP contribution in [0.25, 0.3) is 10.2 Å². The Morgan fingerprint density at radius 3 is 2.46 bits per heavy atom. The fraction of sp³-hybridized carbons (Fsp3) is 0.222. The van der Waals surface area contributed by atoms with Gasteiger partial charge < -0.3 is 23.5 Å². The van der Waals surface area contributed by atoms with Gasteiger partial charge in [0.1, 0.15) is 17.1 Å². The molecule has 1 aromatic heterocycles. The van der Waals surface area contributed by atoms with Gasteiger partial charge in [0.15, 0.2) is 16.3 Å². The Morgan fingerprint density at radius 1 is 1.15 bits per heavy atom. The molecule has 0 atom stereocenters. The van der Waals surface area contributed by atoms with E-state index in [0.29, 0.717) is 33.4 Å². The molecule has 2 heterocycles. The number of methoxy groups -OCH3 is 2. The van der Waals surface area contributed by atoms with Crippen molar-refractivity contribution in [3.63, 3.8) is 0 Å². The molecule has 0 spiro atoms. The summed E-state index contributed by atoms with van der Waals surface area (Å²) in [5.74, 6) is 1.80. The van der Waals surface area contributed by atoms with Crippen LogP contribution in [0.1, 0.15) is 10.4 Å². The van der Waals surface area contributed by atoms with E-state index in [9.17, 15) is 4.79 Å². The van der Waals surface area contributed by atoms with E-state index < -0.39 is 5.91 Å². The SMILES string of the molecule is COc1cccc(OC)c1C(=O)N=c1sc2cc3c(cc2n1C)OCO3. The van der Waals surface area contributed by atoms with Gasteiger partial charge in [-0.2, -0.15) is 4.99 Å². The molecule has 4 rings (SSSR count). The predicted molar refractivity (Wildman–Crippen MR) is 96.4 cm³/mol. The summed E-state index contributed by atoms with van der Waals surface area (Å²) in [6, 6.07) is 8.96. The Kier molecular flexibility index (Phi) is 4.04. The van der Waals surface area contributed by atoms with Crippen LogP contribution in [-0.2, 0) is 7.05 Å². The van der Waals surface area contributed by atoms with Crippen LogP contribution in [-0.4, -0.2) is 31.5 Å². The van der Waals surface area contributed by atoms with Crippen LogP contribution in [0.15, 0.2) is 35.3 Å². The zero-order valence-electron chi connectivity index (χ0n) is 14.4. The zero-order valence-corrected chi connectivity index (χ0v) is 15.3. The molecular formula is C18H16N2O5S. The van der Waals surface area contributed by atoms with E-state index >= 15 is 0 Å². The molecule has 8 heteroatoms. The fourth-order valence-electron chi connectivity index (χ4n) is 2.83. The molecule has 3 aromatic rings. The monoisotopic (exact) mass is 372 g/mol. The van der Waals surface area contributed by atoms with E-state index in [1.165, 1.54) is 25.6 Å². The third-order valence-electron chi connectivity index (χ3n) is 4.14. The first kappa shape index (κ1) is 16.5. The number of rotatable bonds is 3. The smallest absolute Gasteiger partial charge is 0.287 e. The molecule has 0 unspecified atom stereocenters. The Balaban J connectivity index is 1.85. The number of aryl methyl sites for hydroxylation is 1. The second kappa shape index (κ2) is 6.38. The maximum Gasteiger partial charge on any atom is 0.287 e. The van der Waals surface area contributed by atoms with E-state index in [0.717, 1.165) is 10.2 Å². The molecule has 1 amide bonds. The molecule has 0 radical (unpaired) electrons. The first-order chi connectivity index (χ1) is 12.6. The number of fused-ring (bicyclic) bond motifs is 2. The van der Waals surface area contributed by atoms with Crippen LogP contribution in [0.5, 0.6) is 23.0 Å². The second-order valence-electron chi connectivity index (χ2n) is 5.57. The predicted octanol–water partition coefficient (Wildman–Crippen LogP) is 2.73. The first-order valence-electron chi connectivity index (χ1n) is 7.81. The zero-order chi connectivity index (χ0) is 18.3. The van der Waals surface area contributed by atoms with Crippen LogP contribution in [0.4, 0.5) is 0 Å². The van der Waals surface area contributed by atoms with Crippen molar-refractivity contribution in [2.24, 2.45) is 12.0 Å². The van der Waals surface area contributed by atoms with Gasteiger partial charge in [-0.1, -0.05) is 17.4 Å².